The number of fused-ring (bicyclic) bond motifs is 5. The van der Waals surface area contributed by atoms with E-state index in [1.54, 1.807) is 22.7 Å². The first-order valence-electron chi connectivity index (χ1n) is 8.02. The third kappa shape index (κ3) is 2.16. The SMILES string of the molecule is c1ccc2c(c1)OCc1sc(Nc3nc4cc5c(cc4s3)OCO5)nc1-2. The van der Waals surface area contributed by atoms with Gasteiger partial charge >= 0.3 is 0 Å². The van der Waals surface area contributed by atoms with Crippen molar-refractivity contribution in [1.29, 1.82) is 0 Å². The number of benzene rings is 2. The first-order valence-corrected chi connectivity index (χ1v) is 9.66. The van der Waals surface area contributed by atoms with Crippen LogP contribution < -0.4 is 19.5 Å². The van der Waals surface area contributed by atoms with E-state index in [2.05, 4.69) is 10.3 Å². The maximum absolute atomic E-state index is 5.81. The lowest BCUT2D eigenvalue weighted by atomic mass is 10.1. The van der Waals surface area contributed by atoms with Gasteiger partial charge in [-0.15, -0.1) is 0 Å². The van der Waals surface area contributed by atoms with E-state index in [0.29, 0.717) is 6.61 Å². The van der Waals surface area contributed by atoms with Crippen LogP contribution in [0.2, 0.25) is 0 Å². The van der Waals surface area contributed by atoms with Crippen molar-refractivity contribution < 1.29 is 14.2 Å². The molecule has 0 amide bonds. The second kappa shape index (κ2) is 5.33. The number of hydrogen-bond donors (Lipinski definition) is 1. The summed E-state index contributed by atoms with van der Waals surface area (Å²) in [6.45, 7) is 0.818. The number of para-hydroxylation sites is 1. The van der Waals surface area contributed by atoms with E-state index in [4.69, 9.17) is 19.2 Å². The van der Waals surface area contributed by atoms with Crippen molar-refractivity contribution in [1.82, 2.24) is 9.97 Å². The van der Waals surface area contributed by atoms with Crippen LogP contribution in [-0.2, 0) is 6.61 Å². The molecule has 4 heterocycles. The molecule has 8 heteroatoms. The van der Waals surface area contributed by atoms with Crippen molar-refractivity contribution in [3.63, 3.8) is 0 Å². The molecule has 0 saturated carbocycles. The third-order valence-corrected chi connectivity index (χ3v) is 6.17. The van der Waals surface area contributed by atoms with Gasteiger partial charge in [0.2, 0.25) is 6.79 Å². The van der Waals surface area contributed by atoms with Crippen LogP contribution in [0.4, 0.5) is 10.3 Å². The standard InChI is InChI=1S/C18H11N3O3S2/c1-2-4-11-9(3-1)16-15(7-22-11)26-18(20-16)21-17-19-10-5-12-13(24-8-23-12)6-14(10)25-17/h1-6H,7-8H2,(H,19,20,21). The van der Waals surface area contributed by atoms with Crippen LogP contribution in [-0.4, -0.2) is 16.8 Å². The molecule has 2 aromatic heterocycles. The Kier molecular flexibility index (Phi) is 2.94. The molecule has 0 radical (unpaired) electrons. The van der Waals surface area contributed by atoms with Crippen LogP contribution in [0.1, 0.15) is 4.88 Å². The highest BCUT2D eigenvalue weighted by molar-refractivity contribution is 7.22. The van der Waals surface area contributed by atoms with Gasteiger partial charge in [-0.1, -0.05) is 34.8 Å². The molecule has 2 aliphatic rings. The van der Waals surface area contributed by atoms with Gasteiger partial charge in [0, 0.05) is 17.7 Å². The summed E-state index contributed by atoms with van der Waals surface area (Å²) < 4.78 is 17.7. The van der Waals surface area contributed by atoms with Crippen molar-refractivity contribution in [3.8, 4) is 28.5 Å². The lowest BCUT2D eigenvalue weighted by molar-refractivity contribution is 0.174. The molecule has 0 bridgehead atoms. The summed E-state index contributed by atoms with van der Waals surface area (Å²) in [5.41, 5.74) is 2.91. The highest BCUT2D eigenvalue weighted by Crippen LogP contribution is 2.43. The Bertz CT molecular complexity index is 1130. The minimum atomic E-state index is 0.270. The van der Waals surface area contributed by atoms with E-state index in [-0.39, 0.29) is 6.79 Å². The van der Waals surface area contributed by atoms with E-state index < -0.39 is 0 Å². The van der Waals surface area contributed by atoms with Crippen LogP contribution in [0.25, 0.3) is 21.5 Å². The largest absolute Gasteiger partial charge is 0.487 e. The minimum absolute atomic E-state index is 0.270. The lowest BCUT2D eigenvalue weighted by Crippen LogP contribution is -2.02. The van der Waals surface area contributed by atoms with E-state index in [0.717, 1.165) is 53.9 Å². The molecule has 0 spiro atoms. The van der Waals surface area contributed by atoms with Gasteiger partial charge in [-0.3, -0.25) is 0 Å². The number of rotatable bonds is 2. The summed E-state index contributed by atoms with van der Waals surface area (Å²) in [7, 11) is 0. The molecule has 4 aromatic rings. The van der Waals surface area contributed by atoms with Crippen molar-refractivity contribution in [2.24, 2.45) is 0 Å². The molecule has 6 nitrogen and oxygen atoms in total. The smallest absolute Gasteiger partial charge is 0.231 e. The number of aromatic nitrogens is 2. The highest BCUT2D eigenvalue weighted by Gasteiger charge is 2.22. The molecule has 2 aromatic carbocycles. The molecule has 0 unspecified atom stereocenters. The zero-order valence-electron chi connectivity index (χ0n) is 13.3. The maximum atomic E-state index is 5.81. The fourth-order valence-corrected chi connectivity index (χ4v) is 4.94. The summed E-state index contributed by atoms with van der Waals surface area (Å²) in [6, 6.07) is 11.9. The average Bonchev–Trinajstić information content (AvgIpc) is 3.36. The topological polar surface area (TPSA) is 65.5 Å². The molecular formula is C18H11N3O3S2. The predicted octanol–water partition coefficient (Wildman–Crippen LogP) is 4.78. The van der Waals surface area contributed by atoms with Crippen molar-refractivity contribution in [2.75, 3.05) is 12.1 Å². The number of nitrogens with zero attached hydrogens (tertiary/aromatic N) is 2. The van der Waals surface area contributed by atoms with Gasteiger partial charge < -0.3 is 19.5 Å². The fourth-order valence-electron chi connectivity index (χ4n) is 3.11. The number of thiazole rings is 2. The number of ether oxygens (including phenoxy) is 3. The van der Waals surface area contributed by atoms with E-state index in [1.807, 2.05) is 36.4 Å². The molecule has 0 aliphatic carbocycles. The Hall–Kier alpha value is -2.84. The minimum Gasteiger partial charge on any atom is -0.487 e. The number of hydrogen-bond acceptors (Lipinski definition) is 8. The summed E-state index contributed by atoms with van der Waals surface area (Å²) in [5.74, 6) is 2.39. The summed E-state index contributed by atoms with van der Waals surface area (Å²) in [6.07, 6.45) is 0. The van der Waals surface area contributed by atoms with Crippen molar-refractivity contribution >= 4 is 43.2 Å². The summed E-state index contributed by atoms with van der Waals surface area (Å²) in [5, 5.41) is 4.94. The van der Waals surface area contributed by atoms with Crippen LogP contribution in [0.15, 0.2) is 36.4 Å². The van der Waals surface area contributed by atoms with Gasteiger partial charge in [0.15, 0.2) is 21.8 Å². The van der Waals surface area contributed by atoms with Gasteiger partial charge in [0.05, 0.1) is 20.8 Å². The zero-order valence-corrected chi connectivity index (χ0v) is 14.9. The third-order valence-electron chi connectivity index (χ3n) is 4.29. The lowest BCUT2D eigenvalue weighted by Gasteiger charge is -2.15. The van der Waals surface area contributed by atoms with Crippen LogP contribution in [0, 0.1) is 0 Å². The Morgan fingerprint density at radius 1 is 0.885 bits per heavy atom. The van der Waals surface area contributed by atoms with Gasteiger partial charge in [0.25, 0.3) is 0 Å². The summed E-state index contributed by atoms with van der Waals surface area (Å²) in [4.78, 5) is 10.5. The average molecular weight is 381 g/mol. The number of anilines is 2. The normalized spacial score (nSPS) is 14.0. The van der Waals surface area contributed by atoms with Gasteiger partial charge in [-0.25, -0.2) is 9.97 Å². The monoisotopic (exact) mass is 381 g/mol. The fraction of sp³-hybridized carbons (Fsp3) is 0.111. The zero-order chi connectivity index (χ0) is 17.1. The van der Waals surface area contributed by atoms with E-state index in [1.165, 1.54) is 0 Å². The number of nitrogens with one attached hydrogen (secondary N) is 1. The second-order valence-electron chi connectivity index (χ2n) is 5.89. The van der Waals surface area contributed by atoms with Crippen molar-refractivity contribution in [2.45, 2.75) is 6.61 Å². The van der Waals surface area contributed by atoms with Gasteiger partial charge in [-0.2, -0.15) is 0 Å². The van der Waals surface area contributed by atoms with Crippen LogP contribution in [0.3, 0.4) is 0 Å². The van der Waals surface area contributed by atoms with Crippen LogP contribution in [0.5, 0.6) is 17.2 Å². The van der Waals surface area contributed by atoms with Gasteiger partial charge in [0.1, 0.15) is 12.4 Å². The Morgan fingerprint density at radius 3 is 2.69 bits per heavy atom. The molecular weight excluding hydrogens is 370 g/mol. The molecule has 26 heavy (non-hydrogen) atoms. The molecule has 0 fully saturated rings. The predicted molar refractivity (Wildman–Crippen MR) is 101 cm³/mol. The molecule has 0 saturated heterocycles. The molecule has 0 atom stereocenters. The first kappa shape index (κ1) is 14.3. The maximum Gasteiger partial charge on any atom is 0.231 e. The molecule has 1 N–H and O–H groups in total. The quantitative estimate of drug-likeness (QED) is 0.539. The molecule has 128 valence electrons. The summed E-state index contributed by atoms with van der Waals surface area (Å²) >= 11 is 3.16. The van der Waals surface area contributed by atoms with Gasteiger partial charge in [-0.05, 0) is 12.1 Å². The first-order chi connectivity index (χ1) is 12.8. The molecule has 6 rings (SSSR count). The van der Waals surface area contributed by atoms with Crippen LogP contribution >= 0.6 is 22.7 Å². The Morgan fingerprint density at radius 2 is 1.73 bits per heavy atom. The van der Waals surface area contributed by atoms with E-state index >= 15 is 0 Å². The highest BCUT2D eigenvalue weighted by atomic mass is 32.1. The Balaban J connectivity index is 1.36. The van der Waals surface area contributed by atoms with Crippen molar-refractivity contribution in [3.05, 3.63) is 41.3 Å². The second-order valence-corrected chi connectivity index (χ2v) is 8.01. The van der Waals surface area contributed by atoms with E-state index in [9.17, 15) is 0 Å². The molecule has 2 aliphatic heterocycles. The Labute approximate surface area is 156 Å².